The molecule has 72 valence electrons. The molecule has 0 unspecified atom stereocenters. The summed E-state index contributed by atoms with van der Waals surface area (Å²) in [6.07, 6.45) is 3.17. The second-order valence-corrected chi connectivity index (χ2v) is 3.54. The molecule has 0 aliphatic carbocycles. The van der Waals surface area contributed by atoms with E-state index in [1.807, 2.05) is 13.8 Å². The van der Waals surface area contributed by atoms with Crippen LogP contribution in [0, 0.1) is 0 Å². The van der Waals surface area contributed by atoms with Crippen molar-refractivity contribution in [1.29, 1.82) is 0 Å². The van der Waals surface area contributed by atoms with Gasteiger partial charge in [-0.2, -0.15) is 0 Å². The summed E-state index contributed by atoms with van der Waals surface area (Å²) in [5, 5.41) is 0. The Morgan fingerprint density at radius 1 is 1.17 bits per heavy atom. The quantitative estimate of drug-likeness (QED) is 0.587. The molecule has 0 atom stereocenters. The van der Waals surface area contributed by atoms with E-state index in [9.17, 15) is 0 Å². The molecule has 0 amide bonds. The van der Waals surface area contributed by atoms with Crippen LogP contribution in [0.15, 0.2) is 12.3 Å². The normalized spacial score (nSPS) is 11.6. The summed E-state index contributed by atoms with van der Waals surface area (Å²) in [6.45, 7) is 5.56. The van der Waals surface area contributed by atoms with Gasteiger partial charge in [0.2, 0.25) is 0 Å². The summed E-state index contributed by atoms with van der Waals surface area (Å²) >= 11 is 0. The Labute approximate surface area is 75.3 Å². The molecule has 0 saturated carbocycles. The lowest BCUT2D eigenvalue weighted by Gasteiger charge is -2.13. The molecule has 0 radical (unpaired) electrons. The minimum atomic E-state index is -1.87. The van der Waals surface area contributed by atoms with Crippen molar-refractivity contribution in [3.63, 3.8) is 0 Å². The van der Waals surface area contributed by atoms with Crippen molar-refractivity contribution in [2.45, 2.75) is 13.8 Å². The zero-order valence-corrected chi connectivity index (χ0v) is 8.81. The average molecular weight is 191 g/mol. The maximum absolute atomic E-state index is 5.29. The summed E-state index contributed by atoms with van der Waals surface area (Å²) < 4.78 is 15.8. The van der Waals surface area contributed by atoms with Crippen molar-refractivity contribution in [2.75, 3.05) is 19.8 Å². The monoisotopic (exact) mass is 191 g/mol. The van der Waals surface area contributed by atoms with E-state index >= 15 is 0 Å². The van der Waals surface area contributed by atoms with Crippen molar-refractivity contribution in [3.8, 4) is 0 Å². The molecule has 0 saturated heterocycles. The van der Waals surface area contributed by atoms with Crippen molar-refractivity contribution in [1.82, 2.24) is 0 Å². The van der Waals surface area contributed by atoms with Gasteiger partial charge in [-0.3, -0.25) is 0 Å². The van der Waals surface area contributed by atoms with Crippen LogP contribution >= 0.6 is 0 Å². The lowest BCUT2D eigenvalue weighted by molar-refractivity contribution is 0.112. The highest BCUT2D eigenvalue weighted by atomic mass is 28.3. The summed E-state index contributed by atoms with van der Waals surface area (Å²) in [5.74, 6) is 0. The maximum Gasteiger partial charge on any atom is 0.484 e. The molecule has 0 aromatic heterocycles. The number of nitrogens with two attached hydrogens (primary N) is 1. The van der Waals surface area contributed by atoms with Gasteiger partial charge in [0.1, 0.15) is 0 Å². The second kappa shape index (κ2) is 8.73. The van der Waals surface area contributed by atoms with E-state index in [0.29, 0.717) is 19.8 Å². The molecule has 0 aromatic carbocycles. The molecule has 0 fully saturated rings. The maximum atomic E-state index is 5.29. The Kier molecular flexibility index (Phi) is 8.47. The van der Waals surface area contributed by atoms with E-state index in [4.69, 9.17) is 19.0 Å². The van der Waals surface area contributed by atoms with Gasteiger partial charge in [-0.15, -0.1) is 0 Å². The standard InChI is InChI=1S/C7H17NO3Si/c1-3-9-12(10-4-2)11-7-5-6-8/h5-6,12H,3-4,7-8H2,1-2H3. The zero-order chi connectivity index (χ0) is 9.23. The third-order valence-corrected chi connectivity index (χ3v) is 2.75. The van der Waals surface area contributed by atoms with Crippen LogP contribution in [0.1, 0.15) is 13.8 Å². The predicted molar refractivity (Wildman–Crippen MR) is 49.7 cm³/mol. The third-order valence-electron chi connectivity index (χ3n) is 1.07. The topological polar surface area (TPSA) is 53.7 Å². The van der Waals surface area contributed by atoms with Crippen molar-refractivity contribution in [2.24, 2.45) is 5.73 Å². The minimum absolute atomic E-state index is 0.466. The Morgan fingerprint density at radius 2 is 1.75 bits per heavy atom. The molecule has 4 nitrogen and oxygen atoms in total. The van der Waals surface area contributed by atoms with Gasteiger partial charge in [-0.25, -0.2) is 0 Å². The molecule has 0 rings (SSSR count). The highest BCUT2D eigenvalue weighted by Crippen LogP contribution is 1.92. The largest absolute Gasteiger partial charge is 0.484 e. The van der Waals surface area contributed by atoms with Gasteiger partial charge in [0.15, 0.2) is 0 Å². The van der Waals surface area contributed by atoms with Gasteiger partial charge in [0.05, 0.1) is 6.61 Å². The van der Waals surface area contributed by atoms with E-state index in [1.165, 1.54) is 6.20 Å². The third kappa shape index (κ3) is 6.35. The van der Waals surface area contributed by atoms with Crippen LogP contribution in [0.4, 0.5) is 0 Å². The SMILES string of the molecule is CCO[SiH](OCC)OCC=CN. The van der Waals surface area contributed by atoms with Gasteiger partial charge in [-0.05, 0) is 26.1 Å². The lowest BCUT2D eigenvalue weighted by Crippen LogP contribution is -2.27. The average Bonchev–Trinajstić information content (AvgIpc) is 2.06. The Balaban J connectivity index is 3.47. The molecule has 12 heavy (non-hydrogen) atoms. The van der Waals surface area contributed by atoms with Crippen molar-refractivity contribution < 1.29 is 13.3 Å². The fraction of sp³-hybridized carbons (Fsp3) is 0.714. The molecule has 5 heteroatoms. The predicted octanol–water partition coefficient (Wildman–Crippen LogP) is 0.266. The van der Waals surface area contributed by atoms with Crippen LogP contribution in [-0.4, -0.2) is 29.3 Å². The van der Waals surface area contributed by atoms with Crippen molar-refractivity contribution >= 4 is 9.53 Å². The molecular weight excluding hydrogens is 174 g/mol. The van der Waals surface area contributed by atoms with Gasteiger partial charge in [-0.1, -0.05) is 0 Å². The fourth-order valence-electron chi connectivity index (χ4n) is 0.606. The van der Waals surface area contributed by atoms with E-state index < -0.39 is 9.53 Å². The second-order valence-electron chi connectivity index (χ2n) is 1.96. The van der Waals surface area contributed by atoms with Crippen LogP contribution in [0.2, 0.25) is 0 Å². The van der Waals surface area contributed by atoms with Crippen LogP contribution in [0.25, 0.3) is 0 Å². The van der Waals surface area contributed by atoms with E-state index in [2.05, 4.69) is 0 Å². The van der Waals surface area contributed by atoms with Gasteiger partial charge in [0.25, 0.3) is 0 Å². The summed E-state index contributed by atoms with van der Waals surface area (Å²) in [6, 6.07) is 0. The lowest BCUT2D eigenvalue weighted by atomic mass is 10.7. The number of rotatable bonds is 7. The molecular formula is C7H17NO3Si. The molecule has 0 heterocycles. The molecule has 0 aliphatic heterocycles. The molecule has 0 spiro atoms. The first kappa shape index (κ1) is 11.6. The Morgan fingerprint density at radius 3 is 2.17 bits per heavy atom. The van der Waals surface area contributed by atoms with Crippen LogP contribution in [0.5, 0.6) is 0 Å². The number of hydrogen-bond donors (Lipinski definition) is 1. The van der Waals surface area contributed by atoms with Gasteiger partial charge < -0.3 is 19.0 Å². The molecule has 0 bridgehead atoms. The Bertz CT molecular complexity index is 115. The van der Waals surface area contributed by atoms with E-state index in [-0.39, 0.29) is 0 Å². The minimum Gasteiger partial charge on any atom is -0.405 e. The summed E-state index contributed by atoms with van der Waals surface area (Å²) in [5.41, 5.74) is 5.14. The summed E-state index contributed by atoms with van der Waals surface area (Å²) in [4.78, 5) is 0. The van der Waals surface area contributed by atoms with Gasteiger partial charge in [0, 0.05) is 13.2 Å². The van der Waals surface area contributed by atoms with Crippen LogP contribution < -0.4 is 5.73 Å². The highest BCUT2D eigenvalue weighted by Gasteiger charge is 2.11. The first-order valence-electron chi connectivity index (χ1n) is 4.06. The smallest absolute Gasteiger partial charge is 0.405 e. The molecule has 2 N–H and O–H groups in total. The first-order chi connectivity index (χ1) is 5.85. The van der Waals surface area contributed by atoms with Crippen molar-refractivity contribution in [3.05, 3.63) is 12.3 Å². The van der Waals surface area contributed by atoms with Gasteiger partial charge >= 0.3 is 9.53 Å². The fourth-order valence-corrected chi connectivity index (χ4v) is 1.71. The summed E-state index contributed by atoms with van der Waals surface area (Å²) in [7, 11) is -1.87. The molecule has 0 aliphatic rings. The Hall–Kier alpha value is -0.363. The van der Waals surface area contributed by atoms with Crippen LogP contribution in [0.3, 0.4) is 0 Å². The first-order valence-corrected chi connectivity index (χ1v) is 5.48. The van der Waals surface area contributed by atoms with E-state index in [0.717, 1.165) is 0 Å². The van der Waals surface area contributed by atoms with Crippen LogP contribution in [-0.2, 0) is 13.3 Å². The zero-order valence-electron chi connectivity index (χ0n) is 7.66. The van der Waals surface area contributed by atoms with E-state index in [1.54, 1.807) is 6.08 Å². The number of hydrogen-bond acceptors (Lipinski definition) is 4. The highest BCUT2D eigenvalue weighted by molar-refractivity contribution is 6.36. The molecule has 0 aromatic rings.